The molecule has 1 saturated carbocycles. The second-order valence-electron chi connectivity index (χ2n) is 4.89. The molecule has 0 aromatic carbocycles. The molecule has 2 rings (SSSR count). The molecule has 1 nitrogen and oxygen atoms in total. The highest BCUT2D eigenvalue weighted by atomic mass is 16.6. The van der Waals surface area contributed by atoms with Crippen LogP contribution in [0.4, 0.5) is 0 Å². The molecule has 0 aromatic heterocycles. The summed E-state index contributed by atoms with van der Waals surface area (Å²) in [5.74, 6) is 1.60. The molecule has 0 spiro atoms. The summed E-state index contributed by atoms with van der Waals surface area (Å²) >= 11 is 0. The summed E-state index contributed by atoms with van der Waals surface area (Å²) in [5.41, 5.74) is 0.448. The van der Waals surface area contributed by atoms with Gasteiger partial charge in [0.2, 0.25) is 0 Å². The van der Waals surface area contributed by atoms with Crippen LogP contribution in [0.15, 0.2) is 0 Å². The maximum absolute atomic E-state index is 5.84. The molecule has 4 atom stereocenters. The minimum atomic E-state index is 0.222. The average molecular weight is 154 g/mol. The van der Waals surface area contributed by atoms with Crippen molar-refractivity contribution in [2.45, 2.75) is 51.7 Å². The van der Waals surface area contributed by atoms with E-state index in [1.165, 1.54) is 12.8 Å². The van der Waals surface area contributed by atoms with Gasteiger partial charge in [0.25, 0.3) is 0 Å². The highest BCUT2D eigenvalue weighted by Crippen LogP contribution is 2.60. The lowest BCUT2D eigenvalue weighted by atomic mass is 9.70. The Labute approximate surface area is 69.1 Å². The number of epoxide rings is 1. The molecule has 11 heavy (non-hydrogen) atoms. The van der Waals surface area contributed by atoms with Gasteiger partial charge in [-0.2, -0.15) is 0 Å². The predicted octanol–water partition coefficient (Wildman–Crippen LogP) is 2.60. The number of ether oxygens (including phenoxy) is 1. The van der Waals surface area contributed by atoms with Crippen LogP contribution >= 0.6 is 0 Å². The fraction of sp³-hybridized carbons (Fsp3) is 1.00. The van der Waals surface area contributed by atoms with E-state index in [1.54, 1.807) is 0 Å². The molecule has 1 heterocycles. The summed E-state index contributed by atoms with van der Waals surface area (Å²) in [6.45, 7) is 9.19. The van der Waals surface area contributed by atoms with Crippen molar-refractivity contribution >= 4 is 0 Å². The molecule has 0 radical (unpaired) electrons. The summed E-state index contributed by atoms with van der Waals surface area (Å²) in [6.07, 6.45) is 2.60. The van der Waals surface area contributed by atoms with Crippen LogP contribution in [0.25, 0.3) is 0 Å². The Hall–Kier alpha value is -0.0400. The molecule has 2 aliphatic rings. The lowest BCUT2D eigenvalue weighted by Gasteiger charge is -2.29. The third-order valence-electron chi connectivity index (χ3n) is 3.88. The minimum Gasteiger partial charge on any atom is -0.363 e. The topological polar surface area (TPSA) is 12.5 Å². The quantitative estimate of drug-likeness (QED) is 0.489. The van der Waals surface area contributed by atoms with E-state index >= 15 is 0 Å². The minimum absolute atomic E-state index is 0.222. The van der Waals surface area contributed by atoms with Gasteiger partial charge in [-0.15, -0.1) is 0 Å². The molecule has 1 aliphatic carbocycles. The van der Waals surface area contributed by atoms with Gasteiger partial charge in [0.15, 0.2) is 0 Å². The number of hydrogen-bond donors (Lipinski definition) is 0. The monoisotopic (exact) mass is 154 g/mol. The molecule has 0 bridgehead atoms. The molecule has 0 N–H and O–H groups in total. The summed E-state index contributed by atoms with van der Waals surface area (Å²) in [6, 6.07) is 0. The first-order valence-electron chi connectivity index (χ1n) is 4.68. The van der Waals surface area contributed by atoms with Crippen molar-refractivity contribution in [2.24, 2.45) is 11.8 Å². The molecule has 0 amide bonds. The van der Waals surface area contributed by atoms with E-state index < -0.39 is 0 Å². The summed E-state index contributed by atoms with van der Waals surface area (Å²) in [7, 11) is 0. The fourth-order valence-corrected chi connectivity index (χ4v) is 2.89. The molecule has 64 valence electrons. The van der Waals surface area contributed by atoms with Gasteiger partial charge in [-0.1, -0.05) is 13.8 Å². The molecular weight excluding hydrogens is 136 g/mol. The number of fused-ring (bicyclic) bond motifs is 1. The maximum atomic E-state index is 5.84. The van der Waals surface area contributed by atoms with Gasteiger partial charge in [-0.05, 0) is 38.5 Å². The fourth-order valence-electron chi connectivity index (χ4n) is 2.89. The average Bonchev–Trinajstić information content (AvgIpc) is 2.34. The molecule has 4 unspecified atom stereocenters. The maximum Gasteiger partial charge on any atom is 0.0974 e. The molecular formula is C10H18O. The third kappa shape index (κ3) is 0.807. The molecule has 2 fully saturated rings. The Kier molecular flexibility index (Phi) is 1.26. The van der Waals surface area contributed by atoms with E-state index in [9.17, 15) is 0 Å². The largest absolute Gasteiger partial charge is 0.363 e. The Morgan fingerprint density at radius 1 is 1.27 bits per heavy atom. The first-order chi connectivity index (χ1) is 4.98. The van der Waals surface area contributed by atoms with Gasteiger partial charge in [0.1, 0.15) is 0 Å². The van der Waals surface area contributed by atoms with E-state index in [0.717, 1.165) is 11.8 Å². The van der Waals surface area contributed by atoms with E-state index in [-0.39, 0.29) is 11.2 Å². The van der Waals surface area contributed by atoms with Crippen molar-refractivity contribution in [2.75, 3.05) is 0 Å². The van der Waals surface area contributed by atoms with Crippen molar-refractivity contribution in [1.82, 2.24) is 0 Å². The van der Waals surface area contributed by atoms with Crippen molar-refractivity contribution in [3.05, 3.63) is 0 Å². The van der Waals surface area contributed by atoms with Crippen LogP contribution in [-0.4, -0.2) is 11.2 Å². The Morgan fingerprint density at radius 3 is 2.45 bits per heavy atom. The van der Waals surface area contributed by atoms with Crippen LogP contribution in [0.3, 0.4) is 0 Å². The van der Waals surface area contributed by atoms with Crippen molar-refractivity contribution in [3.8, 4) is 0 Å². The number of hydrogen-bond acceptors (Lipinski definition) is 1. The van der Waals surface area contributed by atoms with Crippen molar-refractivity contribution < 1.29 is 4.74 Å². The molecule has 0 aromatic rings. The van der Waals surface area contributed by atoms with Gasteiger partial charge in [-0.3, -0.25) is 0 Å². The van der Waals surface area contributed by atoms with Gasteiger partial charge in [0, 0.05) is 0 Å². The second kappa shape index (κ2) is 1.82. The Balaban J connectivity index is 2.19. The zero-order chi connectivity index (χ0) is 8.28. The molecule has 1 heteroatoms. The van der Waals surface area contributed by atoms with Crippen LogP contribution < -0.4 is 0 Å². The Morgan fingerprint density at radius 2 is 1.91 bits per heavy atom. The summed E-state index contributed by atoms with van der Waals surface area (Å²) < 4.78 is 5.84. The normalized spacial score (nSPS) is 62.2. The first kappa shape index (κ1) is 7.60. The molecule has 1 saturated heterocycles. The highest BCUT2D eigenvalue weighted by molar-refractivity contribution is 5.16. The predicted molar refractivity (Wildman–Crippen MR) is 45.5 cm³/mol. The van der Waals surface area contributed by atoms with Crippen LogP contribution in [0.1, 0.15) is 40.5 Å². The van der Waals surface area contributed by atoms with Gasteiger partial charge in [-0.25, -0.2) is 0 Å². The SMILES string of the molecule is CC1CC(C)C2(C)OC2(C)C1. The third-order valence-corrected chi connectivity index (χ3v) is 3.88. The lowest BCUT2D eigenvalue weighted by Crippen LogP contribution is -2.35. The van der Waals surface area contributed by atoms with E-state index in [1.807, 2.05) is 0 Å². The second-order valence-corrected chi connectivity index (χ2v) is 4.89. The summed E-state index contributed by atoms with van der Waals surface area (Å²) in [5, 5.41) is 0. The lowest BCUT2D eigenvalue weighted by molar-refractivity contribution is 0.226. The summed E-state index contributed by atoms with van der Waals surface area (Å²) in [4.78, 5) is 0. The zero-order valence-electron chi connectivity index (χ0n) is 7.98. The van der Waals surface area contributed by atoms with Crippen molar-refractivity contribution in [1.29, 1.82) is 0 Å². The van der Waals surface area contributed by atoms with Gasteiger partial charge in [0.05, 0.1) is 11.2 Å². The highest BCUT2D eigenvalue weighted by Gasteiger charge is 2.68. The zero-order valence-corrected chi connectivity index (χ0v) is 7.98. The van der Waals surface area contributed by atoms with Crippen LogP contribution in [0.5, 0.6) is 0 Å². The van der Waals surface area contributed by atoms with E-state index in [2.05, 4.69) is 27.7 Å². The number of rotatable bonds is 0. The molecule has 1 aliphatic heterocycles. The van der Waals surface area contributed by atoms with Crippen LogP contribution in [0.2, 0.25) is 0 Å². The standard InChI is InChI=1S/C10H18O/c1-7-5-8(2)10(4)9(3,6-7)11-10/h7-8H,5-6H2,1-4H3. The van der Waals surface area contributed by atoms with E-state index in [0.29, 0.717) is 0 Å². The smallest absolute Gasteiger partial charge is 0.0974 e. The van der Waals surface area contributed by atoms with Gasteiger partial charge >= 0.3 is 0 Å². The first-order valence-corrected chi connectivity index (χ1v) is 4.68. The van der Waals surface area contributed by atoms with Gasteiger partial charge < -0.3 is 4.74 Å². The van der Waals surface area contributed by atoms with E-state index in [4.69, 9.17) is 4.74 Å². The Bertz CT molecular complexity index is 189. The van der Waals surface area contributed by atoms with Crippen molar-refractivity contribution in [3.63, 3.8) is 0 Å². The van der Waals surface area contributed by atoms with Crippen LogP contribution in [0, 0.1) is 11.8 Å². The van der Waals surface area contributed by atoms with Crippen LogP contribution in [-0.2, 0) is 4.74 Å².